The number of nitrogens with zero attached hydrogens (tertiary/aromatic N) is 2. The third-order valence-corrected chi connectivity index (χ3v) is 2.66. The minimum absolute atomic E-state index is 0.0366. The van der Waals surface area contributed by atoms with E-state index in [2.05, 4.69) is 0 Å². The molecular formula is C15H13FN2O2. The van der Waals surface area contributed by atoms with Crippen LogP contribution in [0.1, 0.15) is 41.8 Å². The molecular weight excluding hydrogens is 259 g/mol. The van der Waals surface area contributed by atoms with Gasteiger partial charge in [-0.1, -0.05) is 13.8 Å². The summed E-state index contributed by atoms with van der Waals surface area (Å²) in [5.41, 5.74) is -0.0767. The van der Waals surface area contributed by atoms with Gasteiger partial charge in [-0.05, 0) is 24.1 Å². The molecule has 1 aromatic carbocycles. The van der Waals surface area contributed by atoms with E-state index in [0.717, 1.165) is 0 Å². The van der Waals surface area contributed by atoms with E-state index < -0.39 is 17.7 Å². The number of carbonyl (C=O) groups is 2. The summed E-state index contributed by atoms with van der Waals surface area (Å²) in [6.45, 7) is 3.50. The smallest absolute Gasteiger partial charge is 0.220 e. The van der Waals surface area contributed by atoms with Crippen LogP contribution < -0.4 is 0 Å². The number of Topliss-reactive ketones (excluding diaryl/α,β-unsaturated/α-hetero) is 2. The van der Waals surface area contributed by atoms with Crippen molar-refractivity contribution in [2.24, 2.45) is 5.92 Å². The highest BCUT2D eigenvalue weighted by atomic mass is 19.1. The summed E-state index contributed by atoms with van der Waals surface area (Å²) in [5.74, 6) is -1.88. The lowest BCUT2D eigenvalue weighted by molar-refractivity contribution is -0.122. The first-order valence-corrected chi connectivity index (χ1v) is 6.06. The van der Waals surface area contributed by atoms with Crippen LogP contribution in [0.15, 0.2) is 18.2 Å². The van der Waals surface area contributed by atoms with Crippen LogP contribution in [0.5, 0.6) is 0 Å². The van der Waals surface area contributed by atoms with Gasteiger partial charge in [-0.25, -0.2) is 4.39 Å². The Bertz CT molecular complexity index is 624. The Labute approximate surface area is 116 Å². The minimum atomic E-state index is -2.27. The molecule has 0 aliphatic rings. The monoisotopic (exact) mass is 272 g/mol. The summed E-state index contributed by atoms with van der Waals surface area (Å²) < 4.78 is 13.9. The standard InChI is InChI=1S/C15H13FN2O2/c1-9(2)5-13(19)14(16)15(20)12-4-3-10(7-17)6-11(12)8-18/h3-4,6,9,14H,5H2,1-2H3. The highest BCUT2D eigenvalue weighted by Gasteiger charge is 2.29. The number of carbonyl (C=O) groups excluding carboxylic acids is 2. The maximum absolute atomic E-state index is 13.9. The van der Waals surface area contributed by atoms with Gasteiger partial charge in [0.25, 0.3) is 0 Å². The molecule has 0 aliphatic carbocycles. The van der Waals surface area contributed by atoms with Gasteiger partial charge >= 0.3 is 0 Å². The van der Waals surface area contributed by atoms with Gasteiger partial charge in [0.1, 0.15) is 0 Å². The second kappa shape index (κ2) is 6.58. The predicted octanol–water partition coefficient (Wildman–Crippen LogP) is 2.57. The molecule has 0 bridgehead atoms. The van der Waals surface area contributed by atoms with Gasteiger partial charge in [0, 0.05) is 12.0 Å². The average Bonchev–Trinajstić information content (AvgIpc) is 2.44. The van der Waals surface area contributed by atoms with Crippen LogP contribution in [0, 0.1) is 28.6 Å². The molecule has 0 aromatic heterocycles. The van der Waals surface area contributed by atoms with Crippen LogP contribution in [0.25, 0.3) is 0 Å². The summed E-state index contributed by atoms with van der Waals surface area (Å²) >= 11 is 0. The van der Waals surface area contributed by atoms with Crippen molar-refractivity contribution in [3.8, 4) is 12.1 Å². The number of rotatable bonds is 5. The summed E-state index contributed by atoms with van der Waals surface area (Å²) in [6, 6.07) is 7.28. The molecule has 102 valence electrons. The quantitative estimate of drug-likeness (QED) is 0.609. The fourth-order valence-electron chi connectivity index (χ4n) is 1.71. The van der Waals surface area contributed by atoms with Crippen LogP contribution in [0.3, 0.4) is 0 Å². The number of halogens is 1. The van der Waals surface area contributed by atoms with E-state index in [0.29, 0.717) is 0 Å². The van der Waals surface area contributed by atoms with Gasteiger partial charge in [-0.3, -0.25) is 9.59 Å². The lowest BCUT2D eigenvalue weighted by Gasteiger charge is -2.09. The first kappa shape index (κ1) is 15.5. The summed E-state index contributed by atoms with van der Waals surface area (Å²) in [5, 5.41) is 17.6. The predicted molar refractivity (Wildman–Crippen MR) is 69.6 cm³/mol. The highest BCUT2D eigenvalue weighted by molar-refractivity contribution is 6.14. The van der Waals surface area contributed by atoms with Crippen LogP contribution in [-0.2, 0) is 4.79 Å². The third kappa shape index (κ3) is 3.49. The van der Waals surface area contributed by atoms with Crippen LogP contribution in [-0.4, -0.2) is 17.7 Å². The molecule has 0 saturated heterocycles. The van der Waals surface area contributed by atoms with Crippen LogP contribution >= 0.6 is 0 Å². The molecule has 5 heteroatoms. The molecule has 0 amide bonds. The second-order valence-corrected chi connectivity index (χ2v) is 4.78. The largest absolute Gasteiger partial charge is 0.296 e. The number of alkyl halides is 1. The van der Waals surface area contributed by atoms with E-state index >= 15 is 0 Å². The molecule has 0 spiro atoms. The zero-order chi connectivity index (χ0) is 15.3. The minimum Gasteiger partial charge on any atom is -0.296 e. The first-order chi connectivity index (χ1) is 9.40. The zero-order valence-corrected chi connectivity index (χ0v) is 11.2. The van der Waals surface area contributed by atoms with Crippen molar-refractivity contribution >= 4 is 11.6 Å². The molecule has 1 rings (SSSR count). The normalized spacial score (nSPS) is 11.5. The average molecular weight is 272 g/mol. The first-order valence-electron chi connectivity index (χ1n) is 6.06. The molecule has 1 aromatic rings. The van der Waals surface area contributed by atoms with Crippen molar-refractivity contribution in [1.29, 1.82) is 10.5 Å². The van der Waals surface area contributed by atoms with E-state index in [1.54, 1.807) is 19.9 Å². The molecule has 0 N–H and O–H groups in total. The highest BCUT2D eigenvalue weighted by Crippen LogP contribution is 2.16. The van der Waals surface area contributed by atoms with Crippen molar-refractivity contribution in [2.45, 2.75) is 26.4 Å². The molecule has 0 fully saturated rings. The molecule has 0 heterocycles. The van der Waals surface area contributed by atoms with Gasteiger partial charge in [0.05, 0.1) is 23.3 Å². The molecule has 1 unspecified atom stereocenters. The number of ketones is 2. The maximum atomic E-state index is 13.9. The van der Waals surface area contributed by atoms with Gasteiger partial charge in [0.15, 0.2) is 5.78 Å². The van der Waals surface area contributed by atoms with Gasteiger partial charge in [-0.15, -0.1) is 0 Å². The van der Waals surface area contributed by atoms with E-state index in [1.807, 2.05) is 6.07 Å². The Morgan fingerprint density at radius 2 is 1.90 bits per heavy atom. The summed E-state index contributed by atoms with van der Waals surface area (Å²) in [6.07, 6.45) is -2.30. The third-order valence-electron chi connectivity index (χ3n) is 2.66. The molecule has 0 saturated carbocycles. The lowest BCUT2D eigenvalue weighted by Crippen LogP contribution is -2.27. The van der Waals surface area contributed by atoms with Crippen LogP contribution in [0.2, 0.25) is 0 Å². The molecule has 1 atom stereocenters. The molecule has 0 radical (unpaired) electrons. The van der Waals surface area contributed by atoms with Crippen LogP contribution in [0.4, 0.5) is 4.39 Å². The fourth-order valence-corrected chi connectivity index (χ4v) is 1.71. The van der Waals surface area contributed by atoms with Crippen molar-refractivity contribution in [3.05, 3.63) is 34.9 Å². The summed E-state index contributed by atoms with van der Waals surface area (Å²) in [4.78, 5) is 23.5. The van der Waals surface area contributed by atoms with Gasteiger partial charge in [-0.2, -0.15) is 10.5 Å². The Kier molecular flexibility index (Phi) is 5.11. The maximum Gasteiger partial charge on any atom is 0.220 e. The van der Waals surface area contributed by atoms with Crippen molar-refractivity contribution in [2.75, 3.05) is 0 Å². The topological polar surface area (TPSA) is 81.7 Å². The Morgan fingerprint density at radius 3 is 2.40 bits per heavy atom. The van der Waals surface area contributed by atoms with Gasteiger partial charge in [0.2, 0.25) is 12.0 Å². The number of nitriles is 2. The molecule has 0 aliphatic heterocycles. The Hall–Kier alpha value is -2.53. The Balaban J connectivity index is 3.07. The van der Waals surface area contributed by atoms with Crippen molar-refractivity contribution in [1.82, 2.24) is 0 Å². The van der Waals surface area contributed by atoms with E-state index in [4.69, 9.17) is 10.5 Å². The zero-order valence-electron chi connectivity index (χ0n) is 11.2. The lowest BCUT2D eigenvalue weighted by atomic mass is 9.95. The Morgan fingerprint density at radius 1 is 1.25 bits per heavy atom. The molecule has 20 heavy (non-hydrogen) atoms. The number of hydrogen-bond acceptors (Lipinski definition) is 4. The number of hydrogen-bond donors (Lipinski definition) is 0. The SMILES string of the molecule is CC(C)CC(=O)C(F)C(=O)c1ccc(C#N)cc1C#N. The molecule has 4 nitrogen and oxygen atoms in total. The van der Waals surface area contributed by atoms with Gasteiger partial charge < -0.3 is 0 Å². The van der Waals surface area contributed by atoms with Crippen molar-refractivity contribution < 1.29 is 14.0 Å². The van der Waals surface area contributed by atoms with Crippen molar-refractivity contribution in [3.63, 3.8) is 0 Å². The van der Waals surface area contributed by atoms with E-state index in [1.165, 1.54) is 18.2 Å². The van der Waals surface area contributed by atoms with E-state index in [-0.39, 0.29) is 29.0 Å². The summed E-state index contributed by atoms with van der Waals surface area (Å²) in [7, 11) is 0. The van der Waals surface area contributed by atoms with E-state index in [9.17, 15) is 14.0 Å². The fraction of sp³-hybridized carbons (Fsp3) is 0.333. The second-order valence-electron chi connectivity index (χ2n) is 4.78. The number of benzene rings is 1.